The van der Waals surface area contributed by atoms with Crippen LogP contribution in [0, 0.1) is 0 Å². The highest BCUT2D eigenvalue weighted by Gasteiger charge is 2.26. The fourth-order valence-electron chi connectivity index (χ4n) is 2.11. The summed E-state index contributed by atoms with van der Waals surface area (Å²) in [5.41, 5.74) is 0. The fourth-order valence-corrected chi connectivity index (χ4v) is 2.24. The van der Waals surface area contributed by atoms with Crippen LogP contribution in [0.15, 0.2) is 24.3 Å². The number of halogens is 1. The normalized spacial score (nSPS) is 18.2. The minimum atomic E-state index is -0.531. The van der Waals surface area contributed by atoms with Crippen LogP contribution in [0.25, 0.3) is 0 Å². The van der Waals surface area contributed by atoms with Crippen molar-refractivity contribution >= 4 is 17.5 Å². The first-order valence-corrected chi connectivity index (χ1v) is 6.83. The van der Waals surface area contributed by atoms with Crippen LogP contribution in [0.4, 0.5) is 0 Å². The summed E-state index contributed by atoms with van der Waals surface area (Å²) in [5.74, 6) is 0.587. The molecule has 5 heteroatoms. The lowest BCUT2D eigenvalue weighted by Crippen LogP contribution is -2.45. The summed E-state index contributed by atoms with van der Waals surface area (Å²) in [6.07, 6.45) is 0.465. The lowest BCUT2D eigenvalue weighted by molar-refractivity contribution is -0.139. The number of likely N-dealkylation sites (tertiary alicyclic amines) is 1. The van der Waals surface area contributed by atoms with Crippen molar-refractivity contribution in [1.29, 1.82) is 0 Å². The van der Waals surface area contributed by atoms with Crippen molar-refractivity contribution in [3.8, 4) is 5.75 Å². The van der Waals surface area contributed by atoms with Crippen molar-refractivity contribution in [2.45, 2.75) is 32.0 Å². The van der Waals surface area contributed by atoms with E-state index in [-0.39, 0.29) is 12.0 Å². The molecule has 0 aromatic heterocycles. The minimum Gasteiger partial charge on any atom is -0.481 e. The molecular formula is C14H18ClNO3. The molecule has 1 aliphatic rings. The van der Waals surface area contributed by atoms with Gasteiger partial charge in [0.15, 0.2) is 6.10 Å². The van der Waals surface area contributed by atoms with Gasteiger partial charge in [-0.1, -0.05) is 11.6 Å². The average molecular weight is 284 g/mol. The number of piperidine rings is 1. The van der Waals surface area contributed by atoms with Gasteiger partial charge in [0.25, 0.3) is 5.91 Å². The lowest BCUT2D eigenvalue weighted by Gasteiger charge is -2.31. The summed E-state index contributed by atoms with van der Waals surface area (Å²) >= 11 is 5.79. The second-order valence-corrected chi connectivity index (χ2v) is 5.21. The third-order valence-electron chi connectivity index (χ3n) is 3.25. The van der Waals surface area contributed by atoms with Gasteiger partial charge in [0, 0.05) is 18.1 Å². The Balaban J connectivity index is 1.90. The van der Waals surface area contributed by atoms with E-state index < -0.39 is 6.10 Å². The van der Waals surface area contributed by atoms with E-state index in [0.29, 0.717) is 36.7 Å². The number of hydrogen-bond donors (Lipinski definition) is 1. The number of nitrogens with zero attached hydrogens (tertiary/aromatic N) is 1. The molecule has 0 radical (unpaired) electrons. The van der Waals surface area contributed by atoms with Gasteiger partial charge < -0.3 is 14.7 Å². The number of ether oxygens (including phenoxy) is 1. The number of aliphatic hydroxyl groups is 1. The molecule has 1 unspecified atom stereocenters. The zero-order chi connectivity index (χ0) is 13.8. The molecule has 1 aromatic rings. The fraction of sp³-hybridized carbons (Fsp3) is 0.500. The summed E-state index contributed by atoms with van der Waals surface area (Å²) in [7, 11) is 0. The van der Waals surface area contributed by atoms with Crippen molar-refractivity contribution in [2.75, 3.05) is 13.1 Å². The molecule has 19 heavy (non-hydrogen) atoms. The van der Waals surface area contributed by atoms with Gasteiger partial charge in [0.2, 0.25) is 0 Å². The van der Waals surface area contributed by atoms with Crippen molar-refractivity contribution < 1.29 is 14.6 Å². The van der Waals surface area contributed by atoms with Crippen molar-refractivity contribution in [3.05, 3.63) is 29.3 Å². The largest absolute Gasteiger partial charge is 0.481 e. The van der Waals surface area contributed by atoms with E-state index in [1.165, 1.54) is 0 Å². The molecule has 0 aliphatic carbocycles. The molecule has 1 N–H and O–H groups in total. The SMILES string of the molecule is CC(Oc1ccc(Cl)cc1)C(=O)N1CCC(O)CC1. The molecule has 1 heterocycles. The van der Waals surface area contributed by atoms with Gasteiger partial charge in [-0.25, -0.2) is 0 Å². The average Bonchev–Trinajstić information content (AvgIpc) is 2.41. The quantitative estimate of drug-likeness (QED) is 0.924. The van der Waals surface area contributed by atoms with Crippen molar-refractivity contribution in [3.63, 3.8) is 0 Å². The van der Waals surface area contributed by atoms with Crippen LogP contribution in [-0.4, -0.2) is 41.2 Å². The van der Waals surface area contributed by atoms with E-state index in [0.717, 1.165) is 0 Å². The number of carbonyl (C=O) groups excluding carboxylic acids is 1. The third-order valence-corrected chi connectivity index (χ3v) is 3.50. The predicted molar refractivity (Wildman–Crippen MR) is 73.4 cm³/mol. The summed E-state index contributed by atoms with van der Waals surface area (Å²) in [6, 6.07) is 6.94. The lowest BCUT2D eigenvalue weighted by atomic mass is 10.1. The monoisotopic (exact) mass is 283 g/mol. The Kier molecular flexibility index (Phi) is 4.66. The Labute approximate surface area is 117 Å². The van der Waals surface area contributed by atoms with Gasteiger partial charge >= 0.3 is 0 Å². The van der Waals surface area contributed by atoms with Gasteiger partial charge in [0.1, 0.15) is 5.75 Å². The number of rotatable bonds is 3. The third kappa shape index (κ3) is 3.85. The highest BCUT2D eigenvalue weighted by molar-refractivity contribution is 6.30. The van der Waals surface area contributed by atoms with Crippen LogP contribution in [0.2, 0.25) is 5.02 Å². The van der Waals surface area contributed by atoms with E-state index in [1.807, 2.05) is 0 Å². The van der Waals surface area contributed by atoms with Crippen LogP contribution >= 0.6 is 11.6 Å². The van der Waals surface area contributed by atoms with Gasteiger partial charge in [-0.2, -0.15) is 0 Å². The highest BCUT2D eigenvalue weighted by atomic mass is 35.5. The molecule has 1 fully saturated rings. The number of carbonyl (C=O) groups is 1. The standard InChI is InChI=1S/C14H18ClNO3/c1-10(19-13-4-2-11(15)3-5-13)14(18)16-8-6-12(17)7-9-16/h2-5,10,12,17H,6-9H2,1H3. The zero-order valence-electron chi connectivity index (χ0n) is 10.9. The highest BCUT2D eigenvalue weighted by Crippen LogP contribution is 2.18. The van der Waals surface area contributed by atoms with Gasteiger partial charge in [-0.05, 0) is 44.0 Å². The molecule has 104 valence electrons. The predicted octanol–water partition coefficient (Wildman–Crippen LogP) is 2.09. The van der Waals surface area contributed by atoms with E-state index in [2.05, 4.69) is 0 Å². The van der Waals surface area contributed by atoms with Crippen LogP contribution in [0.5, 0.6) is 5.75 Å². The topological polar surface area (TPSA) is 49.8 Å². The molecule has 1 amide bonds. The van der Waals surface area contributed by atoms with E-state index >= 15 is 0 Å². The molecule has 1 aliphatic heterocycles. The van der Waals surface area contributed by atoms with Crippen molar-refractivity contribution in [2.24, 2.45) is 0 Å². The maximum Gasteiger partial charge on any atom is 0.263 e. The molecular weight excluding hydrogens is 266 g/mol. The molecule has 0 spiro atoms. The van der Waals surface area contributed by atoms with Gasteiger partial charge in [-0.15, -0.1) is 0 Å². The number of hydrogen-bond acceptors (Lipinski definition) is 3. The number of amides is 1. The summed E-state index contributed by atoms with van der Waals surface area (Å²) < 4.78 is 5.60. The van der Waals surface area contributed by atoms with E-state index in [4.69, 9.17) is 16.3 Å². The maximum atomic E-state index is 12.2. The Bertz CT molecular complexity index is 427. The Hall–Kier alpha value is -1.26. The summed E-state index contributed by atoms with van der Waals surface area (Å²) in [6.45, 7) is 2.92. The molecule has 1 atom stereocenters. The van der Waals surface area contributed by atoms with E-state index in [1.54, 1.807) is 36.1 Å². The summed E-state index contributed by atoms with van der Waals surface area (Å²) in [4.78, 5) is 13.9. The van der Waals surface area contributed by atoms with E-state index in [9.17, 15) is 9.90 Å². The molecule has 4 nitrogen and oxygen atoms in total. The smallest absolute Gasteiger partial charge is 0.263 e. The second kappa shape index (κ2) is 6.26. The number of benzene rings is 1. The van der Waals surface area contributed by atoms with Crippen LogP contribution in [-0.2, 0) is 4.79 Å². The maximum absolute atomic E-state index is 12.2. The first-order valence-electron chi connectivity index (χ1n) is 6.45. The minimum absolute atomic E-state index is 0.0400. The molecule has 0 bridgehead atoms. The van der Waals surface area contributed by atoms with Crippen LogP contribution < -0.4 is 4.74 Å². The van der Waals surface area contributed by atoms with Gasteiger partial charge in [-0.3, -0.25) is 4.79 Å². The molecule has 2 rings (SSSR count). The van der Waals surface area contributed by atoms with Gasteiger partial charge in [0.05, 0.1) is 6.10 Å². The second-order valence-electron chi connectivity index (χ2n) is 4.77. The zero-order valence-corrected chi connectivity index (χ0v) is 11.6. The first kappa shape index (κ1) is 14.2. The molecule has 0 saturated carbocycles. The molecule has 1 aromatic carbocycles. The van der Waals surface area contributed by atoms with Crippen molar-refractivity contribution in [1.82, 2.24) is 4.90 Å². The Morgan fingerprint density at radius 2 is 1.95 bits per heavy atom. The summed E-state index contributed by atoms with van der Waals surface area (Å²) in [5, 5.41) is 10.1. The Morgan fingerprint density at radius 1 is 1.37 bits per heavy atom. The van der Waals surface area contributed by atoms with Crippen LogP contribution in [0.1, 0.15) is 19.8 Å². The van der Waals surface area contributed by atoms with Crippen LogP contribution in [0.3, 0.4) is 0 Å². The molecule has 1 saturated heterocycles. The number of aliphatic hydroxyl groups excluding tert-OH is 1. The first-order chi connectivity index (χ1) is 9.06. The Morgan fingerprint density at radius 3 is 2.53 bits per heavy atom.